The molecule has 2 heterocycles. The molecule has 30 heavy (non-hydrogen) atoms. The van der Waals surface area contributed by atoms with E-state index in [9.17, 15) is 9.59 Å². The van der Waals surface area contributed by atoms with Crippen molar-refractivity contribution in [2.75, 3.05) is 12.3 Å². The van der Waals surface area contributed by atoms with E-state index >= 15 is 0 Å². The molecule has 1 aromatic heterocycles. The zero-order valence-corrected chi connectivity index (χ0v) is 18.4. The Morgan fingerprint density at radius 1 is 1.00 bits per heavy atom. The van der Waals surface area contributed by atoms with Crippen LogP contribution in [0.2, 0.25) is 0 Å². The van der Waals surface area contributed by atoms with E-state index in [0.29, 0.717) is 23.1 Å². The second kappa shape index (κ2) is 8.74. The fourth-order valence-corrected chi connectivity index (χ4v) is 6.81. The van der Waals surface area contributed by atoms with Crippen molar-refractivity contribution >= 4 is 28.6 Å². The highest BCUT2D eigenvalue weighted by Gasteiger charge is 2.35. The number of aromatic nitrogens is 2. The lowest BCUT2D eigenvalue weighted by atomic mass is 9.78. The van der Waals surface area contributed by atoms with E-state index in [-0.39, 0.29) is 17.5 Å². The van der Waals surface area contributed by atoms with Gasteiger partial charge in [0.15, 0.2) is 5.16 Å². The second-order valence-corrected chi connectivity index (χ2v) is 10.1. The third-order valence-corrected chi connectivity index (χ3v) is 8.29. The first-order valence-electron chi connectivity index (χ1n) is 11.7. The monoisotopic (exact) mass is 425 g/mol. The van der Waals surface area contributed by atoms with Crippen LogP contribution in [0.15, 0.2) is 34.2 Å². The zero-order valence-electron chi connectivity index (χ0n) is 17.6. The lowest BCUT2D eigenvalue weighted by molar-refractivity contribution is -0.134. The number of piperidine rings is 1. The second-order valence-electron chi connectivity index (χ2n) is 9.15. The number of rotatable bonds is 4. The third-order valence-electron chi connectivity index (χ3n) is 7.35. The number of amides is 1. The highest BCUT2D eigenvalue weighted by molar-refractivity contribution is 7.99. The maximum Gasteiger partial charge on any atom is 0.262 e. The van der Waals surface area contributed by atoms with Crippen LogP contribution in [0.25, 0.3) is 10.9 Å². The first-order chi connectivity index (χ1) is 14.7. The Labute approximate surface area is 182 Å². The topological polar surface area (TPSA) is 55.2 Å². The van der Waals surface area contributed by atoms with Gasteiger partial charge in [-0.15, -0.1) is 0 Å². The minimum Gasteiger partial charge on any atom is -0.339 e. The number of benzene rings is 1. The molecule has 0 spiro atoms. The molecule has 2 aliphatic carbocycles. The fraction of sp³-hybridized carbons (Fsp3) is 0.625. The predicted octanol–water partition coefficient (Wildman–Crippen LogP) is 4.78. The zero-order chi connectivity index (χ0) is 20.5. The van der Waals surface area contributed by atoms with Gasteiger partial charge in [0.1, 0.15) is 0 Å². The maximum absolute atomic E-state index is 13.3. The van der Waals surface area contributed by atoms with Gasteiger partial charge in [0, 0.05) is 18.6 Å². The van der Waals surface area contributed by atoms with Crippen LogP contribution in [0, 0.1) is 5.92 Å². The van der Waals surface area contributed by atoms with Gasteiger partial charge in [-0.2, -0.15) is 0 Å². The standard InChI is InChI=1S/C24H31N3O2S/c28-22(26-15-7-9-17-8-1-6-14-21(17)26)16-30-24-25-20-13-5-4-12-19(20)23(29)27(24)18-10-2-3-11-18/h4-5,12-13,17-18,21H,1-3,6-11,14-16H2. The van der Waals surface area contributed by atoms with Gasteiger partial charge < -0.3 is 4.90 Å². The molecule has 3 aliphatic rings. The van der Waals surface area contributed by atoms with Crippen molar-refractivity contribution in [3.8, 4) is 0 Å². The molecule has 0 bridgehead atoms. The highest BCUT2D eigenvalue weighted by Crippen LogP contribution is 2.36. The van der Waals surface area contributed by atoms with Crippen molar-refractivity contribution < 1.29 is 4.79 Å². The molecule has 5 nitrogen and oxygen atoms in total. The average Bonchev–Trinajstić information content (AvgIpc) is 3.31. The Balaban J connectivity index is 1.40. The summed E-state index contributed by atoms with van der Waals surface area (Å²) < 4.78 is 1.90. The van der Waals surface area contributed by atoms with Crippen LogP contribution in [-0.4, -0.2) is 38.7 Å². The molecule has 1 saturated heterocycles. The largest absolute Gasteiger partial charge is 0.339 e. The Kier molecular flexibility index (Phi) is 5.85. The molecule has 1 aromatic carbocycles. The molecule has 0 radical (unpaired) electrons. The van der Waals surface area contributed by atoms with Crippen molar-refractivity contribution in [3.05, 3.63) is 34.6 Å². The summed E-state index contributed by atoms with van der Waals surface area (Å²) in [5, 5.41) is 1.40. The van der Waals surface area contributed by atoms with E-state index in [1.54, 1.807) is 0 Å². The number of likely N-dealkylation sites (tertiary alicyclic amines) is 1. The van der Waals surface area contributed by atoms with Crippen molar-refractivity contribution in [3.63, 3.8) is 0 Å². The third kappa shape index (κ3) is 3.79. The molecule has 2 saturated carbocycles. The molecule has 3 fully saturated rings. The number of hydrogen-bond donors (Lipinski definition) is 0. The van der Waals surface area contributed by atoms with Crippen LogP contribution in [0.1, 0.15) is 70.3 Å². The number of carbonyl (C=O) groups is 1. The summed E-state index contributed by atoms with van der Waals surface area (Å²) in [6.07, 6.45) is 11.7. The molecule has 160 valence electrons. The molecule has 2 atom stereocenters. The summed E-state index contributed by atoms with van der Waals surface area (Å²) in [6.45, 7) is 0.890. The number of nitrogens with zero attached hydrogens (tertiary/aromatic N) is 3. The van der Waals surface area contributed by atoms with Gasteiger partial charge in [-0.05, 0) is 56.6 Å². The smallest absolute Gasteiger partial charge is 0.262 e. The van der Waals surface area contributed by atoms with E-state index in [1.807, 2.05) is 28.8 Å². The summed E-state index contributed by atoms with van der Waals surface area (Å²) in [6, 6.07) is 8.24. The number of carbonyl (C=O) groups excluding carboxylic acids is 1. The number of para-hydroxylation sites is 1. The van der Waals surface area contributed by atoms with Crippen LogP contribution in [0.5, 0.6) is 0 Å². The Hall–Kier alpha value is -1.82. The molecular formula is C24H31N3O2S. The lowest BCUT2D eigenvalue weighted by Gasteiger charge is -2.44. The summed E-state index contributed by atoms with van der Waals surface area (Å²) in [4.78, 5) is 33.5. The predicted molar refractivity (Wildman–Crippen MR) is 121 cm³/mol. The molecule has 5 rings (SSSR count). The summed E-state index contributed by atoms with van der Waals surface area (Å²) in [7, 11) is 0. The van der Waals surface area contributed by atoms with Crippen molar-refractivity contribution in [2.24, 2.45) is 5.92 Å². The molecule has 2 unspecified atom stereocenters. The van der Waals surface area contributed by atoms with Gasteiger partial charge in [0.25, 0.3) is 5.56 Å². The summed E-state index contributed by atoms with van der Waals surface area (Å²) in [5.74, 6) is 1.29. The van der Waals surface area contributed by atoms with Gasteiger partial charge in [0.2, 0.25) is 5.91 Å². The van der Waals surface area contributed by atoms with Crippen molar-refractivity contribution in [1.29, 1.82) is 0 Å². The highest BCUT2D eigenvalue weighted by atomic mass is 32.2. The van der Waals surface area contributed by atoms with Crippen molar-refractivity contribution in [1.82, 2.24) is 14.5 Å². The van der Waals surface area contributed by atoms with Crippen molar-refractivity contribution in [2.45, 2.75) is 81.4 Å². The lowest BCUT2D eigenvalue weighted by Crippen LogP contribution is -2.50. The average molecular weight is 426 g/mol. The van der Waals surface area contributed by atoms with E-state index in [0.717, 1.165) is 55.7 Å². The minimum absolute atomic E-state index is 0.0489. The first kappa shape index (κ1) is 20.1. The van der Waals surface area contributed by atoms with Crippen LogP contribution in [0.3, 0.4) is 0 Å². The van der Waals surface area contributed by atoms with Crippen LogP contribution < -0.4 is 5.56 Å². The normalized spacial score (nSPS) is 24.9. The van der Waals surface area contributed by atoms with Gasteiger partial charge in [-0.25, -0.2) is 4.98 Å². The molecule has 2 aromatic rings. The van der Waals surface area contributed by atoms with E-state index < -0.39 is 0 Å². The SMILES string of the molecule is O=C(CSc1nc2ccccc2c(=O)n1C1CCCC1)N1CCCC2CCCCC21. The Bertz CT molecular complexity index is 980. The fourth-order valence-electron chi connectivity index (χ4n) is 5.86. The quantitative estimate of drug-likeness (QED) is 0.522. The van der Waals surface area contributed by atoms with Gasteiger partial charge in [-0.1, -0.05) is 49.6 Å². The van der Waals surface area contributed by atoms with Gasteiger partial charge in [0.05, 0.1) is 16.7 Å². The maximum atomic E-state index is 13.3. The minimum atomic E-state index is 0.0489. The Morgan fingerprint density at radius 3 is 2.60 bits per heavy atom. The number of thioether (sulfide) groups is 1. The molecule has 0 N–H and O–H groups in total. The molecule has 1 aliphatic heterocycles. The summed E-state index contributed by atoms with van der Waals surface area (Å²) in [5.41, 5.74) is 0.782. The molecular weight excluding hydrogens is 394 g/mol. The first-order valence-corrected chi connectivity index (χ1v) is 12.6. The van der Waals surface area contributed by atoms with Crippen LogP contribution in [0.4, 0.5) is 0 Å². The van der Waals surface area contributed by atoms with Crippen LogP contribution in [-0.2, 0) is 4.79 Å². The number of hydrogen-bond acceptors (Lipinski definition) is 4. The van der Waals surface area contributed by atoms with E-state index in [2.05, 4.69) is 4.90 Å². The summed E-state index contributed by atoms with van der Waals surface area (Å²) >= 11 is 1.46. The Morgan fingerprint density at radius 2 is 1.73 bits per heavy atom. The van der Waals surface area contributed by atoms with Crippen LogP contribution >= 0.6 is 11.8 Å². The van der Waals surface area contributed by atoms with E-state index in [4.69, 9.17) is 4.98 Å². The van der Waals surface area contributed by atoms with Gasteiger partial charge >= 0.3 is 0 Å². The van der Waals surface area contributed by atoms with E-state index in [1.165, 1.54) is 37.4 Å². The molecule has 6 heteroatoms. The molecule has 1 amide bonds. The number of fused-ring (bicyclic) bond motifs is 2. The van der Waals surface area contributed by atoms with Gasteiger partial charge in [-0.3, -0.25) is 14.2 Å².